The Balaban J connectivity index is 2.81. The molecule has 0 amide bonds. The molecule has 0 aromatic carbocycles. The van der Waals surface area contributed by atoms with E-state index in [1.54, 1.807) is 6.20 Å². The molecule has 0 fully saturated rings. The van der Waals surface area contributed by atoms with Crippen LogP contribution in [0.3, 0.4) is 0 Å². The Morgan fingerprint density at radius 2 is 2.50 bits per heavy atom. The Morgan fingerprint density at radius 3 is 3.10 bits per heavy atom. The number of nitrogens with one attached hydrogen (secondary N) is 1. The molecule has 1 aromatic rings. The second-order valence-corrected chi connectivity index (χ2v) is 2.62. The highest BCUT2D eigenvalue weighted by atomic mass is 127. The number of anilines is 1. The third-order valence-corrected chi connectivity index (χ3v) is 1.56. The average molecular weight is 249 g/mol. The van der Waals surface area contributed by atoms with Gasteiger partial charge in [-0.1, -0.05) is 6.07 Å². The summed E-state index contributed by atoms with van der Waals surface area (Å²) in [4.78, 5) is 3.93. The molecular formula is C6H8IN3. The molecular weight excluding hydrogens is 241 g/mol. The number of halogens is 1. The number of hydrogen-bond donors (Lipinski definition) is 2. The molecule has 3 nitrogen and oxygen atoms in total. The fourth-order valence-electron chi connectivity index (χ4n) is 0.672. The van der Waals surface area contributed by atoms with E-state index in [2.05, 4.69) is 31.4 Å². The summed E-state index contributed by atoms with van der Waals surface area (Å²) in [7, 11) is 0. The average Bonchev–Trinajstić information content (AvgIpc) is 1.94. The minimum atomic E-state index is 0.603. The van der Waals surface area contributed by atoms with Crippen LogP contribution in [0.4, 0.5) is 5.82 Å². The smallest absolute Gasteiger partial charge is 0.127 e. The van der Waals surface area contributed by atoms with Crippen LogP contribution in [0.15, 0.2) is 18.3 Å². The maximum Gasteiger partial charge on any atom is 0.127 e. The van der Waals surface area contributed by atoms with Gasteiger partial charge in [0.15, 0.2) is 0 Å². The first kappa shape index (κ1) is 7.74. The van der Waals surface area contributed by atoms with Crippen molar-refractivity contribution in [2.75, 3.05) is 5.73 Å². The lowest BCUT2D eigenvalue weighted by atomic mass is 10.3. The Labute approximate surface area is 73.5 Å². The maximum absolute atomic E-state index is 5.55. The Kier molecular flexibility index (Phi) is 2.88. The third kappa shape index (κ3) is 1.81. The zero-order valence-corrected chi connectivity index (χ0v) is 7.50. The van der Waals surface area contributed by atoms with Crippen LogP contribution in [0.25, 0.3) is 0 Å². The second kappa shape index (κ2) is 3.72. The van der Waals surface area contributed by atoms with Crippen LogP contribution in [-0.4, -0.2) is 4.98 Å². The van der Waals surface area contributed by atoms with Crippen molar-refractivity contribution in [3.05, 3.63) is 23.9 Å². The number of aromatic nitrogens is 1. The molecule has 3 N–H and O–H groups in total. The molecule has 10 heavy (non-hydrogen) atoms. The molecule has 0 radical (unpaired) electrons. The second-order valence-electron chi connectivity index (χ2n) is 1.86. The molecule has 0 atom stereocenters. The van der Waals surface area contributed by atoms with Gasteiger partial charge in [0, 0.05) is 41.2 Å². The standard InChI is InChI=1S/C6H8IN3/c7-10-4-5-2-1-3-9-6(5)8/h1-3,10H,4H2,(H2,8,9). The van der Waals surface area contributed by atoms with E-state index in [0.717, 1.165) is 12.1 Å². The minimum Gasteiger partial charge on any atom is -0.383 e. The molecule has 0 bridgehead atoms. The predicted octanol–water partition coefficient (Wildman–Crippen LogP) is 1.10. The van der Waals surface area contributed by atoms with Gasteiger partial charge in [0.05, 0.1) is 0 Å². The zero-order chi connectivity index (χ0) is 7.40. The number of pyridine rings is 1. The van der Waals surface area contributed by atoms with Crippen LogP contribution >= 0.6 is 22.9 Å². The van der Waals surface area contributed by atoms with Crippen LogP contribution in [0.1, 0.15) is 5.56 Å². The first-order valence-electron chi connectivity index (χ1n) is 2.87. The van der Waals surface area contributed by atoms with E-state index in [9.17, 15) is 0 Å². The van der Waals surface area contributed by atoms with Crippen LogP contribution in [0, 0.1) is 0 Å². The quantitative estimate of drug-likeness (QED) is 0.609. The molecule has 0 spiro atoms. The highest BCUT2D eigenvalue weighted by Crippen LogP contribution is 2.05. The molecule has 0 unspecified atom stereocenters. The summed E-state index contributed by atoms with van der Waals surface area (Å²) in [5.41, 5.74) is 6.59. The Hall–Kier alpha value is -0.360. The fraction of sp³-hybridized carbons (Fsp3) is 0.167. The molecule has 54 valence electrons. The molecule has 0 saturated heterocycles. The molecule has 4 heteroatoms. The molecule has 1 rings (SSSR count). The van der Waals surface area contributed by atoms with Gasteiger partial charge in [-0.3, -0.25) is 3.53 Å². The van der Waals surface area contributed by atoms with Gasteiger partial charge in [-0.25, -0.2) is 4.98 Å². The highest BCUT2D eigenvalue weighted by molar-refractivity contribution is 14.1. The van der Waals surface area contributed by atoms with Crippen molar-refractivity contribution < 1.29 is 0 Å². The summed E-state index contributed by atoms with van der Waals surface area (Å²) in [6.07, 6.45) is 1.69. The van der Waals surface area contributed by atoms with Gasteiger partial charge >= 0.3 is 0 Å². The molecule has 1 heterocycles. The van der Waals surface area contributed by atoms with Crippen molar-refractivity contribution in [3.63, 3.8) is 0 Å². The highest BCUT2D eigenvalue weighted by Gasteiger charge is 1.94. The Bertz CT molecular complexity index is 214. The van der Waals surface area contributed by atoms with Gasteiger partial charge in [-0.15, -0.1) is 0 Å². The van der Waals surface area contributed by atoms with Crippen LogP contribution in [0.2, 0.25) is 0 Å². The molecule has 0 aliphatic rings. The summed E-state index contributed by atoms with van der Waals surface area (Å²) in [5.74, 6) is 0.603. The summed E-state index contributed by atoms with van der Waals surface area (Å²) in [6.45, 7) is 0.764. The number of nitrogens with two attached hydrogens (primary N) is 1. The van der Waals surface area contributed by atoms with E-state index >= 15 is 0 Å². The van der Waals surface area contributed by atoms with Crippen molar-refractivity contribution in [1.29, 1.82) is 0 Å². The van der Waals surface area contributed by atoms with Crippen LogP contribution in [0.5, 0.6) is 0 Å². The number of nitrogen functional groups attached to an aromatic ring is 1. The third-order valence-electron chi connectivity index (χ3n) is 1.18. The monoisotopic (exact) mass is 249 g/mol. The SMILES string of the molecule is Nc1ncccc1CNI. The fourth-order valence-corrected chi connectivity index (χ4v) is 1.08. The van der Waals surface area contributed by atoms with E-state index in [1.165, 1.54) is 0 Å². The van der Waals surface area contributed by atoms with Crippen LogP contribution < -0.4 is 9.26 Å². The largest absolute Gasteiger partial charge is 0.383 e. The minimum absolute atomic E-state index is 0.603. The predicted molar refractivity (Wildman–Crippen MR) is 49.5 cm³/mol. The maximum atomic E-state index is 5.55. The number of rotatable bonds is 2. The van der Waals surface area contributed by atoms with Crippen LogP contribution in [-0.2, 0) is 6.54 Å². The van der Waals surface area contributed by atoms with Crippen molar-refractivity contribution in [2.45, 2.75) is 6.54 Å². The van der Waals surface area contributed by atoms with Gasteiger partial charge in [-0.05, 0) is 6.07 Å². The van der Waals surface area contributed by atoms with Gasteiger partial charge in [0.2, 0.25) is 0 Å². The van der Waals surface area contributed by atoms with Gasteiger partial charge in [0.1, 0.15) is 5.82 Å². The molecule has 0 aliphatic heterocycles. The zero-order valence-electron chi connectivity index (χ0n) is 5.34. The summed E-state index contributed by atoms with van der Waals surface area (Å²) >= 11 is 2.07. The first-order chi connectivity index (χ1) is 4.84. The topological polar surface area (TPSA) is 50.9 Å². The van der Waals surface area contributed by atoms with Crippen molar-refractivity contribution >= 4 is 28.7 Å². The van der Waals surface area contributed by atoms with Gasteiger partial charge < -0.3 is 5.73 Å². The molecule has 0 aliphatic carbocycles. The lowest BCUT2D eigenvalue weighted by molar-refractivity contribution is 1.00. The molecule has 0 saturated carbocycles. The molecule has 1 aromatic heterocycles. The van der Waals surface area contributed by atoms with E-state index in [-0.39, 0.29) is 0 Å². The summed E-state index contributed by atoms with van der Waals surface area (Å²) in [6, 6.07) is 3.83. The Morgan fingerprint density at radius 1 is 1.70 bits per heavy atom. The van der Waals surface area contributed by atoms with E-state index in [4.69, 9.17) is 5.73 Å². The lowest BCUT2D eigenvalue weighted by Crippen LogP contribution is -2.02. The van der Waals surface area contributed by atoms with Crippen molar-refractivity contribution in [3.8, 4) is 0 Å². The van der Waals surface area contributed by atoms with Gasteiger partial charge in [-0.2, -0.15) is 0 Å². The first-order valence-corrected chi connectivity index (χ1v) is 3.95. The number of nitrogens with zero attached hydrogens (tertiary/aromatic N) is 1. The van der Waals surface area contributed by atoms with E-state index < -0.39 is 0 Å². The van der Waals surface area contributed by atoms with Crippen molar-refractivity contribution in [1.82, 2.24) is 8.51 Å². The van der Waals surface area contributed by atoms with E-state index in [0.29, 0.717) is 5.82 Å². The summed E-state index contributed by atoms with van der Waals surface area (Å²) in [5, 5.41) is 0. The van der Waals surface area contributed by atoms with Gasteiger partial charge in [0.25, 0.3) is 0 Å². The lowest BCUT2D eigenvalue weighted by Gasteiger charge is -2.00. The van der Waals surface area contributed by atoms with Crippen molar-refractivity contribution in [2.24, 2.45) is 0 Å². The number of hydrogen-bond acceptors (Lipinski definition) is 3. The van der Waals surface area contributed by atoms with E-state index in [1.807, 2.05) is 12.1 Å². The normalized spacial score (nSPS) is 9.70. The summed E-state index contributed by atoms with van der Waals surface area (Å²) < 4.78 is 2.97.